The third-order valence-electron chi connectivity index (χ3n) is 10.9. The lowest BCUT2D eigenvalue weighted by Crippen LogP contribution is -2.30. The lowest BCUT2D eigenvalue weighted by molar-refractivity contribution is 0.0636. The molecule has 0 unspecified atom stereocenters. The zero-order valence-corrected chi connectivity index (χ0v) is 32.0. The van der Waals surface area contributed by atoms with Gasteiger partial charge in [0.15, 0.2) is 0 Å². The van der Waals surface area contributed by atoms with E-state index in [2.05, 4.69) is 84.3 Å². The van der Waals surface area contributed by atoms with Crippen LogP contribution in [0.4, 0.5) is 4.39 Å². The van der Waals surface area contributed by atoms with E-state index in [1.54, 1.807) is 6.07 Å². The van der Waals surface area contributed by atoms with Crippen molar-refractivity contribution < 1.29 is 23.6 Å². The zero-order chi connectivity index (χ0) is 39.6. The number of amides is 4. The maximum Gasteiger partial charge on any atom is 0.264 e. The predicted octanol–water partition coefficient (Wildman–Crippen LogP) is 10.7. The van der Waals surface area contributed by atoms with Crippen LogP contribution in [0.3, 0.4) is 0 Å². The van der Waals surface area contributed by atoms with Gasteiger partial charge in [-0.2, -0.15) is 0 Å². The smallest absolute Gasteiger partial charge is 0.264 e. The number of benzene rings is 6. The summed E-state index contributed by atoms with van der Waals surface area (Å²) in [4.78, 5) is 52.2. The molecule has 0 radical (unpaired) electrons. The average Bonchev–Trinajstić information content (AvgIpc) is 3.93. The lowest BCUT2D eigenvalue weighted by atomic mass is 10.1. The van der Waals surface area contributed by atoms with E-state index in [4.69, 9.17) is 0 Å². The number of rotatable bonds is 7. The van der Waals surface area contributed by atoms with Crippen molar-refractivity contribution in [3.05, 3.63) is 173 Å². The van der Waals surface area contributed by atoms with Crippen LogP contribution in [0, 0.1) is 5.82 Å². The molecule has 0 saturated carbocycles. The summed E-state index contributed by atoms with van der Waals surface area (Å²) in [5.74, 6) is -1.88. The highest BCUT2D eigenvalue weighted by atomic mass is 19.1. The molecule has 0 fully saturated rings. The Morgan fingerprint density at radius 2 is 0.912 bits per heavy atom. The third kappa shape index (κ3) is 6.61. The van der Waals surface area contributed by atoms with E-state index >= 15 is 0 Å². The Morgan fingerprint density at radius 3 is 1.44 bits per heavy atom. The molecular formula is C49H42FN3O4. The highest BCUT2D eigenvalue weighted by Gasteiger charge is 2.38. The number of nitrogens with zero attached hydrogens (tertiary/aromatic N) is 3. The molecule has 10 rings (SSSR count). The van der Waals surface area contributed by atoms with Crippen LogP contribution in [0.1, 0.15) is 92.1 Å². The number of hydrogen-bond donors (Lipinski definition) is 0. The summed E-state index contributed by atoms with van der Waals surface area (Å²) in [7, 11) is 0. The molecule has 284 valence electrons. The lowest BCUT2D eigenvalue weighted by Gasteiger charge is -2.14. The summed E-state index contributed by atoms with van der Waals surface area (Å²) in [5.41, 5.74) is 9.70. The van der Waals surface area contributed by atoms with Gasteiger partial charge in [-0.05, 0) is 77.9 Å². The van der Waals surface area contributed by atoms with Crippen LogP contribution in [-0.2, 0) is 6.42 Å². The first-order valence-corrected chi connectivity index (χ1v) is 19.6. The number of hydrogen-bond acceptors (Lipinski definition) is 4. The summed E-state index contributed by atoms with van der Waals surface area (Å²) >= 11 is 0. The molecule has 8 heteroatoms. The average molecular weight is 756 g/mol. The predicted molar refractivity (Wildman–Crippen MR) is 222 cm³/mol. The molecule has 0 N–H and O–H groups in total. The van der Waals surface area contributed by atoms with Crippen LogP contribution in [0.25, 0.3) is 38.6 Å². The molecule has 7 nitrogen and oxygen atoms in total. The number of carbonyl (C=O) groups is 4. The molecule has 4 amide bonds. The van der Waals surface area contributed by atoms with Crippen molar-refractivity contribution in [1.82, 2.24) is 14.4 Å². The van der Waals surface area contributed by atoms with Crippen molar-refractivity contribution in [3.8, 4) is 16.8 Å². The van der Waals surface area contributed by atoms with Crippen molar-refractivity contribution in [2.24, 2.45) is 0 Å². The van der Waals surface area contributed by atoms with Crippen LogP contribution in [0.5, 0.6) is 0 Å². The Balaban J connectivity index is 0.000000132. The summed E-state index contributed by atoms with van der Waals surface area (Å²) in [6, 6.07) is 43.4. The summed E-state index contributed by atoms with van der Waals surface area (Å²) in [6.07, 6.45) is 4.48. The second-order valence-electron chi connectivity index (χ2n) is 14.5. The Kier molecular flexibility index (Phi) is 10.3. The number of carbonyl (C=O) groups excluding carboxylic acids is 4. The van der Waals surface area contributed by atoms with Crippen LogP contribution >= 0.6 is 0 Å². The van der Waals surface area contributed by atoms with Crippen molar-refractivity contribution in [3.63, 3.8) is 0 Å². The van der Waals surface area contributed by atoms with Gasteiger partial charge in [0, 0.05) is 23.9 Å². The minimum Gasteiger partial charge on any atom is -0.308 e. The fourth-order valence-corrected chi connectivity index (χ4v) is 8.09. The topological polar surface area (TPSA) is 79.7 Å². The van der Waals surface area contributed by atoms with E-state index in [1.807, 2.05) is 43.3 Å². The highest BCUT2D eigenvalue weighted by molar-refractivity contribution is 6.24. The second kappa shape index (κ2) is 15.8. The van der Waals surface area contributed by atoms with Crippen molar-refractivity contribution in [2.45, 2.75) is 46.0 Å². The fraction of sp³-hybridized carbons (Fsp3) is 0.184. The Hall–Kier alpha value is -6.67. The molecule has 1 aromatic heterocycles. The first kappa shape index (κ1) is 37.3. The molecule has 0 atom stereocenters. The fourth-order valence-electron chi connectivity index (χ4n) is 8.09. The summed E-state index contributed by atoms with van der Waals surface area (Å²) in [5, 5.41) is 2.27. The van der Waals surface area contributed by atoms with E-state index in [9.17, 15) is 23.6 Å². The van der Waals surface area contributed by atoms with Crippen LogP contribution in [-0.4, -0.2) is 51.1 Å². The minimum atomic E-state index is -0.616. The number of fused-ring (bicyclic) bond motifs is 8. The maximum absolute atomic E-state index is 13.4. The van der Waals surface area contributed by atoms with E-state index in [-0.39, 0.29) is 28.8 Å². The van der Waals surface area contributed by atoms with Gasteiger partial charge in [-0.3, -0.25) is 29.0 Å². The highest BCUT2D eigenvalue weighted by Crippen LogP contribution is 2.37. The van der Waals surface area contributed by atoms with E-state index in [0.29, 0.717) is 24.2 Å². The van der Waals surface area contributed by atoms with Gasteiger partial charge in [-0.25, -0.2) is 4.39 Å². The molecule has 2 aliphatic heterocycles. The van der Waals surface area contributed by atoms with E-state index in [1.165, 1.54) is 45.4 Å². The number of para-hydroxylation sites is 2. The van der Waals surface area contributed by atoms with Gasteiger partial charge >= 0.3 is 0 Å². The van der Waals surface area contributed by atoms with Gasteiger partial charge in [0.1, 0.15) is 5.82 Å². The van der Waals surface area contributed by atoms with E-state index < -0.39 is 11.7 Å². The van der Waals surface area contributed by atoms with Gasteiger partial charge in [-0.15, -0.1) is 0 Å². The molecule has 0 spiro atoms. The molecule has 57 heavy (non-hydrogen) atoms. The van der Waals surface area contributed by atoms with Gasteiger partial charge in [0.2, 0.25) is 0 Å². The van der Waals surface area contributed by atoms with Crippen LogP contribution in [0.15, 0.2) is 133 Å². The van der Waals surface area contributed by atoms with Gasteiger partial charge in [0.25, 0.3) is 23.6 Å². The molecule has 7 aromatic rings. The third-order valence-corrected chi connectivity index (χ3v) is 10.9. The quantitative estimate of drug-likeness (QED) is 0.152. The zero-order valence-electron chi connectivity index (χ0n) is 32.0. The molecule has 3 aliphatic rings. The van der Waals surface area contributed by atoms with Gasteiger partial charge < -0.3 is 4.57 Å². The second-order valence-corrected chi connectivity index (χ2v) is 14.5. The van der Waals surface area contributed by atoms with Crippen molar-refractivity contribution in [2.75, 3.05) is 13.1 Å². The van der Waals surface area contributed by atoms with Crippen molar-refractivity contribution in [1.29, 1.82) is 0 Å². The molecule has 6 aromatic carbocycles. The molecule has 0 saturated heterocycles. The number of imide groups is 2. The van der Waals surface area contributed by atoms with Gasteiger partial charge in [0.05, 0.1) is 39.0 Å². The van der Waals surface area contributed by atoms with Crippen LogP contribution < -0.4 is 0 Å². The largest absolute Gasteiger partial charge is 0.308 e. The minimum absolute atomic E-state index is 0.0800. The standard InChI is InChI=1S/C24H20N2O2.C13H10.C12H12FNO2/c1-2-3-15-25-23(27)18-11-8-14-21(22(18)24(25)28)26-19-12-6-4-9-16(19)17-10-5-7-13-20(17)26;1-3-7-12-10(5-1)9-11-6-2-4-8-13(11)12;1-2-3-7-14-11(15)8-5-4-6-9(13)10(8)12(14)16/h4-14H,2-3,15H2,1H3;1-8H,9H2;4-6H,2-3,7H2,1H3. The Morgan fingerprint density at radius 1 is 0.474 bits per heavy atom. The SMILES string of the molecule is CCCCN1C(=O)c2cccc(-n3c4ccccc4c4ccccc43)c2C1=O.CCCCN1C(=O)c2cccc(F)c2C1=O.c1ccc2c(c1)Cc1ccccc1-2. The summed E-state index contributed by atoms with van der Waals surface area (Å²) < 4.78 is 15.5. The first-order chi connectivity index (χ1) is 27.8. The molecule has 0 bridgehead atoms. The van der Waals surface area contributed by atoms with Crippen LogP contribution in [0.2, 0.25) is 0 Å². The Labute approximate surface area is 331 Å². The number of halogens is 1. The molecule has 3 heterocycles. The summed E-state index contributed by atoms with van der Waals surface area (Å²) in [6.45, 7) is 4.86. The molecular weight excluding hydrogens is 714 g/mol. The molecule has 1 aliphatic carbocycles. The first-order valence-electron chi connectivity index (χ1n) is 19.6. The maximum atomic E-state index is 13.4. The normalized spacial score (nSPS) is 13.6. The number of aromatic nitrogens is 1. The van der Waals surface area contributed by atoms with Crippen molar-refractivity contribution >= 4 is 45.4 Å². The number of unbranched alkanes of at least 4 members (excludes halogenated alkanes) is 2. The van der Waals surface area contributed by atoms with Gasteiger partial charge in [-0.1, -0.05) is 124 Å². The van der Waals surface area contributed by atoms with E-state index in [0.717, 1.165) is 64.5 Å². The monoisotopic (exact) mass is 755 g/mol. The Bertz CT molecular complexity index is 2620.